The summed E-state index contributed by atoms with van der Waals surface area (Å²) in [7, 11) is 0. The van der Waals surface area contributed by atoms with Crippen LogP contribution < -0.4 is 5.32 Å². The molecular weight excluding hydrogens is 314 g/mol. The largest absolute Gasteiger partial charge is 0.461 e. The van der Waals surface area contributed by atoms with Gasteiger partial charge in [0, 0.05) is 23.4 Å². The van der Waals surface area contributed by atoms with Crippen LogP contribution in [0.3, 0.4) is 0 Å². The highest BCUT2D eigenvalue weighted by molar-refractivity contribution is 7.98. The van der Waals surface area contributed by atoms with E-state index in [1.165, 1.54) is 0 Å². The van der Waals surface area contributed by atoms with Crippen LogP contribution >= 0.6 is 11.8 Å². The van der Waals surface area contributed by atoms with E-state index in [1.807, 2.05) is 30.5 Å². The van der Waals surface area contributed by atoms with Gasteiger partial charge < -0.3 is 14.3 Å². The van der Waals surface area contributed by atoms with Gasteiger partial charge in [-0.05, 0) is 36.6 Å². The molecule has 1 amide bonds. The van der Waals surface area contributed by atoms with Gasteiger partial charge in [0.25, 0.3) is 0 Å². The molecular formula is C16H15N3O3S. The van der Waals surface area contributed by atoms with Crippen LogP contribution in [0.4, 0.5) is 5.69 Å². The van der Waals surface area contributed by atoms with Crippen LogP contribution in [-0.4, -0.2) is 22.3 Å². The Balaban J connectivity index is 1.54. The van der Waals surface area contributed by atoms with Crippen molar-refractivity contribution in [2.45, 2.75) is 17.7 Å². The summed E-state index contributed by atoms with van der Waals surface area (Å²) in [6.45, 7) is 0. The minimum atomic E-state index is -0.0963. The first-order chi connectivity index (χ1) is 11.2. The van der Waals surface area contributed by atoms with Gasteiger partial charge in [-0.2, -0.15) is 4.98 Å². The van der Waals surface area contributed by atoms with E-state index < -0.39 is 0 Å². The molecule has 118 valence electrons. The second kappa shape index (κ2) is 7.15. The Morgan fingerprint density at radius 2 is 2.22 bits per heavy atom. The molecule has 2 heterocycles. The van der Waals surface area contributed by atoms with Crippen LogP contribution in [0.25, 0.3) is 11.6 Å². The fraction of sp³-hybridized carbons (Fsp3) is 0.188. The number of hydrogen-bond donors (Lipinski definition) is 1. The first-order valence-electron chi connectivity index (χ1n) is 7.05. The Kier molecular flexibility index (Phi) is 4.77. The van der Waals surface area contributed by atoms with Gasteiger partial charge in [-0.15, -0.1) is 11.8 Å². The van der Waals surface area contributed by atoms with E-state index in [0.717, 1.165) is 10.6 Å². The van der Waals surface area contributed by atoms with Gasteiger partial charge in [0.2, 0.25) is 17.6 Å². The molecule has 3 aromatic rings. The van der Waals surface area contributed by atoms with Crippen LogP contribution in [0.5, 0.6) is 0 Å². The molecule has 0 aliphatic rings. The van der Waals surface area contributed by atoms with Crippen molar-refractivity contribution in [2.75, 3.05) is 11.6 Å². The van der Waals surface area contributed by atoms with E-state index in [9.17, 15) is 4.79 Å². The average Bonchev–Trinajstić information content (AvgIpc) is 3.24. The lowest BCUT2D eigenvalue weighted by atomic mass is 10.2. The molecule has 1 aromatic carbocycles. The van der Waals surface area contributed by atoms with Crippen molar-refractivity contribution in [3.63, 3.8) is 0 Å². The summed E-state index contributed by atoms with van der Waals surface area (Å²) in [5.74, 6) is 1.24. The topological polar surface area (TPSA) is 81.2 Å². The molecule has 0 aliphatic heterocycles. The highest BCUT2D eigenvalue weighted by Gasteiger charge is 2.12. The summed E-state index contributed by atoms with van der Waals surface area (Å²) in [5, 5.41) is 6.69. The van der Waals surface area contributed by atoms with Crippen LogP contribution in [0, 0.1) is 0 Å². The maximum absolute atomic E-state index is 12.0. The molecule has 3 rings (SSSR count). The zero-order valence-corrected chi connectivity index (χ0v) is 13.3. The SMILES string of the molecule is CSc1cccc(NC(=O)CCc2nc(-c3ccco3)no2)c1. The smallest absolute Gasteiger partial charge is 0.238 e. The van der Waals surface area contributed by atoms with E-state index in [2.05, 4.69) is 15.5 Å². The molecule has 0 aliphatic carbocycles. The van der Waals surface area contributed by atoms with E-state index in [1.54, 1.807) is 30.2 Å². The highest BCUT2D eigenvalue weighted by atomic mass is 32.2. The van der Waals surface area contributed by atoms with E-state index in [-0.39, 0.29) is 12.3 Å². The molecule has 0 saturated heterocycles. The van der Waals surface area contributed by atoms with Crippen molar-refractivity contribution < 1.29 is 13.7 Å². The third-order valence-corrected chi connectivity index (χ3v) is 3.85. The number of nitrogens with zero attached hydrogens (tertiary/aromatic N) is 2. The molecule has 0 saturated carbocycles. The molecule has 0 fully saturated rings. The lowest BCUT2D eigenvalue weighted by molar-refractivity contribution is -0.116. The summed E-state index contributed by atoms with van der Waals surface area (Å²) in [6, 6.07) is 11.2. The van der Waals surface area contributed by atoms with E-state index in [4.69, 9.17) is 8.94 Å². The third-order valence-electron chi connectivity index (χ3n) is 3.13. The van der Waals surface area contributed by atoms with Crippen molar-refractivity contribution in [3.05, 3.63) is 48.6 Å². The predicted molar refractivity (Wildman–Crippen MR) is 87.2 cm³/mol. The quantitative estimate of drug-likeness (QED) is 0.696. The number of thioether (sulfide) groups is 1. The number of carbonyl (C=O) groups is 1. The normalized spacial score (nSPS) is 10.7. The second-order valence-corrected chi connectivity index (χ2v) is 5.65. The fourth-order valence-electron chi connectivity index (χ4n) is 2.01. The van der Waals surface area contributed by atoms with Gasteiger partial charge >= 0.3 is 0 Å². The lowest BCUT2D eigenvalue weighted by Gasteiger charge is -2.05. The monoisotopic (exact) mass is 329 g/mol. The molecule has 0 atom stereocenters. The van der Waals surface area contributed by atoms with Crippen molar-refractivity contribution >= 4 is 23.4 Å². The number of furan rings is 1. The lowest BCUT2D eigenvalue weighted by Crippen LogP contribution is -2.12. The van der Waals surface area contributed by atoms with Gasteiger partial charge in [-0.3, -0.25) is 4.79 Å². The van der Waals surface area contributed by atoms with Crippen LogP contribution in [0.1, 0.15) is 12.3 Å². The molecule has 0 radical (unpaired) electrons. The fourth-order valence-corrected chi connectivity index (χ4v) is 2.47. The van der Waals surface area contributed by atoms with Crippen molar-refractivity contribution in [2.24, 2.45) is 0 Å². The summed E-state index contributed by atoms with van der Waals surface area (Å²) in [6.07, 6.45) is 4.18. The first-order valence-corrected chi connectivity index (χ1v) is 8.27. The number of benzene rings is 1. The number of rotatable bonds is 6. The molecule has 6 nitrogen and oxygen atoms in total. The van der Waals surface area contributed by atoms with Gasteiger partial charge in [-0.1, -0.05) is 11.2 Å². The molecule has 0 spiro atoms. The average molecular weight is 329 g/mol. The molecule has 23 heavy (non-hydrogen) atoms. The predicted octanol–water partition coefficient (Wildman–Crippen LogP) is 3.62. The number of nitrogens with one attached hydrogen (secondary N) is 1. The van der Waals surface area contributed by atoms with Crippen molar-refractivity contribution in [1.29, 1.82) is 0 Å². The summed E-state index contributed by atoms with van der Waals surface area (Å²) in [4.78, 5) is 17.3. The summed E-state index contributed by atoms with van der Waals surface area (Å²) < 4.78 is 10.3. The number of anilines is 1. The maximum Gasteiger partial charge on any atom is 0.238 e. The zero-order chi connectivity index (χ0) is 16.1. The van der Waals surface area contributed by atoms with Gasteiger partial charge in [0.05, 0.1) is 6.26 Å². The zero-order valence-electron chi connectivity index (χ0n) is 12.5. The number of aryl methyl sites for hydroxylation is 1. The maximum atomic E-state index is 12.0. The first kappa shape index (κ1) is 15.4. The molecule has 2 aromatic heterocycles. The second-order valence-electron chi connectivity index (χ2n) is 4.77. The number of hydrogen-bond acceptors (Lipinski definition) is 6. The molecule has 0 unspecified atom stereocenters. The Labute approximate surface area is 137 Å². The number of amides is 1. The third kappa shape index (κ3) is 4.01. The van der Waals surface area contributed by atoms with Crippen LogP contribution in [-0.2, 0) is 11.2 Å². The molecule has 1 N–H and O–H groups in total. The van der Waals surface area contributed by atoms with Gasteiger partial charge in [-0.25, -0.2) is 0 Å². The van der Waals surface area contributed by atoms with E-state index in [0.29, 0.717) is 23.9 Å². The number of carbonyl (C=O) groups excluding carboxylic acids is 1. The Morgan fingerprint density at radius 1 is 1.30 bits per heavy atom. The molecule has 7 heteroatoms. The minimum absolute atomic E-state index is 0.0963. The Morgan fingerprint density at radius 3 is 3.00 bits per heavy atom. The van der Waals surface area contributed by atoms with Crippen molar-refractivity contribution in [3.8, 4) is 11.6 Å². The number of aromatic nitrogens is 2. The Bertz CT molecular complexity index is 783. The van der Waals surface area contributed by atoms with Crippen LogP contribution in [0.2, 0.25) is 0 Å². The van der Waals surface area contributed by atoms with Crippen molar-refractivity contribution in [1.82, 2.24) is 10.1 Å². The Hall–Kier alpha value is -2.54. The van der Waals surface area contributed by atoms with E-state index >= 15 is 0 Å². The summed E-state index contributed by atoms with van der Waals surface area (Å²) in [5.41, 5.74) is 0.781. The minimum Gasteiger partial charge on any atom is -0.461 e. The van der Waals surface area contributed by atoms with Gasteiger partial charge in [0.15, 0.2) is 5.76 Å². The standard InChI is InChI=1S/C16H15N3O3S/c1-23-12-5-2-4-11(10-12)17-14(20)7-8-15-18-16(19-22-15)13-6-3-9-21-13/h2-6,9-10H,7-8H2,1H3,(H,17,20). The summed E-state index contributed by atoms with van der Waals surface area (Å²) >= 11 is 1.63. The molecule has 0 bridgehead atoms. The highest BCUT2D eigenvalue weighted by Crippen LogP contribution is 2.19. The van der Waals surface area contributed by atoms with Gasteiger partial charge in [0.1, 0.15) is 0 Å². The van der Waals surface area contributed by atoms with Crippen LogP contribution in [0.15, 0.2) is 56.5 Å².